The van der Waals surface area contributed by atoms with Gasteiger partial charge in [0.15, 0.2) is 5.82 Å². The third kappa shape index (κ3) is 11.4. The fraction of sp³-hybridized carbons (Fsp3) is 0.727. The summed E-state index contributed by atoms with van der Waals surface area (Å²) in [4.78, 5) is 39.0. The molecule has 0 saturated carbocycles. The molecule has 2 aliphatic rings. The van der Waals surface area contributed by atoms with Crippen molar-refractivity contribution in [3.8, 4) is 0 Å². The number of carboxylic acid groups (broad SMARTS) is 2. The number of halogens is 6. The van der Waals surface area contributed by atoms with E-state index in [1.54, 1.807) is 17.9 Å². The fourth-order valence-electron chi connectivity index (χ4n) is 4.10. The van der Waals surface area contributed by atoms with Crippen molar-refractivity contribution in [3.63, 3.8) is 0 Å². The second-order valence-corrected chi connectivity index (χ2v) is 9.12. The van der Waals surface area contributed by atoms with Gasteiger partial charge in [-0.25, -0.2) is 14.6 Å². The first-order valence-corrected chi connectivity index (χ1v) is 11.6. The molecule has 2 aliphatic heterocycles. The van der Waals surface area contributed by atoms with Crippen molar-refractivity contribution in [2.75, 3.05) is 53.6 Å². The van der Waals surface area contributed by atoms with E-state index in [9.17, 15) is 31.1 Å². The zero-order valence-electron chi connectivity index (χ0n) is 21.6. The summed E-state index contributed by atoms with van der Waals surface area (Å²) in [7, 11) is 5.72. The zero-order chi connectivity index (χ0) is 30.0. The highest BCUT2D eigenvalue weighted by Gasteiger charge is 2.45. The molecule has 0 aromatic carbocycles. The van der Waals surface area contributed by atoms with Gasteiger partial charge in [-0.1, -0.05) is 0 Å². The van der Waals surface area contributed by atoms with Crippen LogP contribution >= 0.6 is 0 Å². The number of hydrogen-bond acceptors (Lipinski definition) is 7. The highest BCUT2D eigenvalue weighted by Crippen LogP contribution is 2.38. The summed E-state index contributed by atoms with van der Waals surface area (Å²) in [6, 6.07) is 0. The number of aryl methyl sites for hydroxylation is 1. The van der Waals surface area contributed by atoms with Gasteiger partial charge in [-0.15, -0.1) is 0 Å². The summed E-state index contributed by atoms with van der Waals surface area (Å²) in [6.45, 7) is 4.94. The van der Waals surface area contributed by atoms with Gasteiger partial charge in [-0.05, 0) is 32.2 Å². The van der Waals surface area contributed by atoms with Gasteiger partial charge in [0.1, 0.15) is 0 Å². The Balaban J connectivity index is 0.000000449. The van der Waals surface area contributed by atoms with Crippen LogP contribution in [0.15, 0.2) is 12.4 Å². The number of carbonyl (C=O) groups excluding carboxylic acids is 1. The minimum absolute atomic E-state index is 0.0100. The number of likely N-dealkylation sites (N-methyl/N-ethyl adjacent to an activating group) is 1. The number of likely N-dealkylation sites (tertiary alicyclic amines) is 1. The van der Waals surface area contributed by atoms with Crippen LogP contribution in [0.1, 0.15) is 29.9 Å². The van der Waals surface area contributed by atoms with Crippen LogP contribution in [-0.2, 0) is 26.1 Å². The molecule has 3 rings (SSSR count). The van der Waals surface area contributed by atoms with Gasteiger partial charge in [0.2, 0.25) is 0 Å². The summed E-state index contributed by atoms with van der Waals surface area (Å²) >= 11 is 0. The lowest BCUT2D eigenvalue weighted by Crippen LogP contribution is -2.50. The topological polar surface area (TPSA) is 134 Å². The number of imidazole rings is 1. The molecule has 2 fully saturated rings. The lowest BCUT2D eigenvalue weighted by Gasteiger charge is -2.39. The number of ether oxygens (including phenoxy) is 2. The van der Waals surface area contributed by atoms with Crippen molar-refractivity contribution >= 4 is 17.8 Å². The molecule has 39 heavy (non-hydrogen) atoms. The van der Waals surface area contributed by atoms with E-state index in [2.05, 4.69) is 16.9 Å². The van der Waals surface area contributed by atoms with Gasteiger partial charge < -0.3 is 34.1 Å². The van der Waals surface area contributed by atoms with Crippen LogP contribution in [0.3, 0.4) is 0 Å². The number of carbonyl (C=O) groups is 3. The molecular weight excluding hydrogens is 546 g/mol. The maximum atomic E-state index is 12.8. The molecule has 0 aliphatic carbocycles. The van der Waals surface area contributed by atoms with Gasteiger partial charge in [-0.2, -0.15) is 26.3 Å². The number of aromatic nitrogens is 2. The van der Waals surface area contributed by atoms with E-state index in [0.29, 0.717) is 18.3 Å². The number of aliphatic carboxylic acids is 2. The van der Waals surface area contributed by atoms with Gasteiger partial charge in [0, 0.05) is 46.2 Å². The van der Waals surface area contributed by atoms with Gasteiger partial charge >= 0.3 is 24.3 Å². The quantitative estimate of drug-likeness (QED) is 0.488. The summed E-state index contributed by atoms with van der Waals surface area (Å²) in [5, 5.41) is 14.2. The van der Waals surface area contributed by atoms with E-state index in [4.69, 9.17) is 29.3 Å². The first-order valence-electron chi connectivity index (χ1n) is 11.6. The molecule has 11 nitrogen and oxygen atoms in total. The Bertz CT molecular complexity index is 932. The molecule has 2 N–H and O–H groups in total. The number of carboxylic acids is 2. The number of methoxy groups -OCH3 is 1. The second kappa shape index (κ2) is 14.5. The molecule has 1 spiro atoms. The van der Waals surface area contributed by atoms with Crippen LogP contribution in [0.5, 0.6) is 0 Å². The van der Waals surface area contributed by atoms with Crippen LogP contribution in [0.2, 0.25) is 0 Å². The normalized spacial score (nSPS) is 21.2. The van der Waals surface area contributed by atoms with E-state index in [-0.39, 0.29) is 11.5 Å². The molecule has 0 bridgehead atoms. The van der Waals surface area contributed by atoms with Gasteiger partial charge in [0.05, 0.1) is 25.4 Å². The maximum Gasteiger partial charge on any atom is 0.490 e. The minimum atomic E-state index is -5.08. The number of hydrogen-bond donors (Lipinski definition) is 2. The summed E-state index contributed by atoms with van der Waals surface area (Å²) in [6.07, 6.45) is -3.64. The molecule has 2 saturated heterocycles. The first kappa shape index (κ1) is 34.1. The Labute approximate surface area is 220 Å². The molecular formula is C22H32F6N4O7. The Morgan fingerprint density at radius 2 is 1.74 bits per heavy atom. The van der Waals surface area contributed by atoms with E-state index in [1.807, 2.05) is 18.1 Å². The average molecular weight is 579 g/mol. The first-order chi connectivity index (χ1) is 17.9. The van der Waals surface area contributed by atoms with Crippen molar-refractivity contribution in [3.05, 3.63) is 18.2 Å². The van der Waals surface area contributed by atoms with Crippen molar-refractivity contribution in [1.82, 2.24) is 19.4 Å². The van der Waals surface area contributed by atoms with Crippen molar-refractivity contribution in [2.24, 2.45) is 13.0 Å². The van der Waals surface area contributed by atoms with Crippen molar-refractivity contribution in [2.45, 2.75) is 37.2 Å². The molecule has 2 unspecified atom stereocenters. The Morgan fingerprint density at radius 1 is 1.18 bits per heavy atom. The molecule has 17 heteroatoms. The Kier molecular flexibility index (Phi) is 12.6. The SMILES string of the molecule is COCCN(C)CC1COC2(CCCN(C(=O)c3nccn3C)C2)C1.O=C(O)C(F)(F)F.O=C(O)C(F)(F)F. The molecule has 1 aromatic rings. The largest absolute Gasteiger partial charge is 0.490 e. The van der Waals surface area contributed by atoms with E-state index >= 15 is 0 Å². The van der Waals surface area contributed by atoms with E-state index < -0.39 is 24.3 Å². The van der Waals surface area contributed by atoms with Crippen LogP contribution in [0, 0.1) is 5.92 Å². The molecule has 1 aromatic heterocycles. The third-order valence-corrected chi connectivity index (χ3v) is 5.86. The van der Waals surface area contributed by atoms with Gasteiger partial charge in [0.25, 0.3) is 5.91 Å². The van der Waals surface area contributed by atoms with Crippen LogP contribution in [0.4, 0.5) is 26.3 Å². The molecule has 0 radical (unpaired) electrons. The lowest BCUT2D eigenvalue weighted by atomic mass is 9.86. The van der Waals surface area contributed by atoms with Crippen LogP contribution in [0.25, 0.3) is 0 Å². The van der Waals surface area contributed by atoms with Crippen molar-refractivity contribution in [1.29, 1.82) is 0 Å². The predicted octanol–water partition coefficient (Wildman–Crippen LogP) is 2.28. The summed E-state index contributed by atoms with van der Waals surface area (Å²) in [5.74, 6) is -4.48. The zero-order valence-corrected chi connectivity index (χ0v) is 21.6. The molecule has 1 amide bonds. The number of piperidine rings is 1. The number of nitrogens with zero attached hydrogens (tertiary/aromatic N) is 4. The summed E-state index contributed by atoms with van der Waals surface area (Å²) < 4.78 is 76.7. The standard InChI is InChI=1S/C18H30N4O3.2C2HF3O2/c1-20(9-10-24-3)12-15-11-18(25-13-15)5-4-7-22(14-18)17(23)16-19-6-8-21(16)2;2*3-2(4,5)1(6)7/h6,8,15H,4-5,7,9-14H2,1-3H3;2*(H,6,7). The second-order valence-electron chi connectivity index (χ2n) is 9.12. The van der Waals surface area contributed by atoms with E-state index in [0.717, 1.165) is 52.1 Å². The molecule has 2 atom stereocenters. The number of amides is 1. The third-order valence-electron chi connectivity index (χ3n) is 5.86. The lowest BCUT2D eigenvalue weighted by molar-refractivity contribution is -0.193. The highest BCUT2D eigenvalue weighted by atomic mass is 19.4. The maximum absolute atomic E-state index is 12.8. The van der Waals surface area contributed by atoms with E-state index in [1.165, 1.54) is 0 Å². The number of rotatable bonds is 6. The monoisotopic (exact) mass is 578 g/mol. The Morgan fingerprint density at radius 3 is 2.21 bits per heavy atom. The fourth-order valence-corrected chi connectivity index (χ4v) is 4.10. The molecule has 224 valence electrons. The average Bonchev–Trinajstić information content (AvgIpc) is 3.42. The summed E-state index contributed by atoms with van der Waals surface area (Å²) in [5.41, 5.74) is -0.175. The van der Waals surface area contributed by atoms with Crippen LogP contribution < -0.4 is 0 Å². The van der Waals surface area contributed by atoms with Crippen LogP contribution in [-0.4, -0.2) is 119 Å². The predicted molar refractivity (Wildman–Crippen MR) is 122 cm³/mol. The van der Waals surface area contributed by atoms with Gasteiger partial charge in [-0.3, -0.25) is 4.79 Å². The number of alkyl halides is 6. The highest BCUT2D eigenvalue weighted by molar-refractivity contribution is 5.91. The Hall–Kier alpha value is -2.92. The smallest absolute Gasteiger partial charge is 0.475 e. The minimum Gasteiger partial charge on any atom is -0.475 e. The van der Waals surface area contributed by atoms with Crippen molar-refractivity contribution < 1.29 is 60.4 Å². The molecule has 3 heterocycles.